The lowest BCUT2D eigenvalue weighted by atomic mass is 10.1. The van der Waals surface area contributed by atoms with Gasteiger partial charge in [-0.3, -0.25) is 4.79 Å². The molecule has 2 aromatic rings. The van der Waals surface area contributed by atoms with Crippen molar-refractivity contribution in [2.24, 2.45) is 0 Å². The van der Waals surface area contributed by atoms with Crippen LogP contribution in [0.2, 0.25) is 0 Å². The largest absolute Gasteiger partial charge is 0.507 e. The van der Waals surface area contributed by atoms with Crippen LogP contribution < -0.4 is 9.47 Å². The van der Waals surface area contributed by atoms with Crippen LogP contribution in [-0.4, -0.2) is 17.5 Å². The molecule has 124 valence electrons. The fraction of sp³-hybridized carbons (Fsp3) is 0.250. The normalized spacial score (nSPS) is 14.5. The molecule has 0 fully saturated rings. The highest BCUT2D eigenvalue weighted by Crippen LogP contribution is 2.33. The minimum absolute atomic E-state index is 0.0794. The van der Waals surface area contributed by atoms with Gasteiger partial charge in [-0.25, -0.2) is 0 Å². The summed E-state index contributed by atoms with van der Waals surface area (Å²) in [4.78, 5) is 12.3. The number of hydrogen-bond donors (Lipinski definition) is 1. The molecule has 4 nitrogen and oxygen atoms in total. The molecule has 0 saturated carbocycles. The third kappa shape index (κ3) is 3.43. The number of para-hydroxylation sites is 1. The second-order valence-corrected chi connectivity index (χ2v) is 5.71. The standard InChI is InChI=1S/C20H20O4/c1-2-3-6-11-23-15-9-10-17(21)14(12-15)13-19-20(22)16-7-4-5-8-18(16)24-19/h4-5,7-10,12-13,21H,2-3,6,11H2,1H3. The number of unbranched alkanes of at least 4 members (excludes halogenated alkanes) is 2. The number of rotatable bonds is 6. The Balaban J connectivity index is 1.79. The lowest BCUT2D eigenvalue weighted by Crippen LogP contribution is -1.99. The first-order chi connectivity index (χ1) is 11.7. The number of Topliss-reactive ketones (excluding diaryl/α,β-unsaturated/α-hetero) is 1. The second kappa shape index (κ2) is 7.21. The first-order valence-electron chi connectivity index (χ1n) is 8.18. The summed E-state index contributed by atoms with van der Waals surface area (Å²) >= 11 is 0. The summed E-state index contributed by atoms with van der Waals surface area (Å²) in [7, 11) is 0. The van der Waals surface area contributed by atoms with Crippen LogP contribution in [-0.2, 0) is 0 Å². The number of aromatic hydroxyl groups is 1. The van der Waals surface area contributed by atoms with Gasteiger partial charge >= 0.3 is 0 Å². The Hall–Kier alpha value is -2.75. The minimum Gasteiger partial charge on any atom is -0.507 e. The quantitative estimate of drug-likeness (QED) is 0.624. The number of ether oxygens (including phenoxy) is 2. The number of fused-ring (bicyclic) bond motifs is 1. The summed E-state index contributed by atoms with van der Waals surface area (Å²) in [5, 5.41) is 10.0. The van der Waals surface area contributed by atoms with Crippen molar-refractivity contribution < 1.29 is 19.4 Å². The van der Waals surface area contributed by atoms with Gasteiger partial charge in [0.05, 0.1) is 12.2 Å². The molecule has 0 spiro atoms. The van der Waals surface area contributed by atoms with E-state index in [1.54, 1.807) is 42.5 Å². The molecule has 1 N–H and O–H groups in total. The van der Waals surface area contributed by atoms with Crippen molar-refractivity contribution in [1.82, 2.24) is 0 Å². The Bertz CT molecular complexity index is 777. The number of hydrogen-bond acceptors (Lipinski definition) is 4. The van der Waals surface area contributed by atoms with E-state index >= 15 is 0 Å². The van der Waals surface area contributed by atoms with Crippen molar-refractivity contribution in [1.29, 1.82) is 0 Å². The van der Waals surface area contributed by atoms with Gasteiger partial charge in [0.25, 0.3) is 0 Å². The van der Waals surface area contributed by atoms with Crippen molar-refractivity contribution in [3.8, 4) is 17.2 Å². The zero-order valence-electron chi connectivity index (χ0n) is 13.6. The van der Waals surface area contributed by atoms with Crippen molar-refractivity contribution in [2.45, 2.75) is 26.2 Å². The summed E-state index contributed by atoms with van der Waals surface area (Å²) in [5.74, 6) is 1.31. The number of benzene rings is 2. The number of carbonyl (C=O) groups excluding carboxylic acids is 1. The Morgan fingerprint density at radius 2 is 2.00 bits per heavy atom. The van der Waals surface area contributed by atoms with Crippen LogP contribution in [0.15, 0.2) is 48.2 Å². The van der Waals surface area contributed by atoms with E-state index in [1.807, 2.05) is 6.07 Å². The van der Waals surface area contributed by atoms with Gasteiger partial charge in [-0.1, -0.05) is 31.9 Å². The van der Waals surface area contributed by atoms with Gasteiger partial charge in [0.1, 0.15) is 17.2 Å². The van der Waals surface area contributed by atoms with Crippen LogP contribution in [0.4, 0.5) is 0 Å². The van der Waals surface area contributed by atoms with Crippen LogP contribution in [0.5, 0.6) is 17.2 Å². The maximum atomic E-state index is 12.3. The minimum atomic E-state index is -0.181. The smallest absolute Gasteiger partial charge is 0.231 e. The average Bonchev–Trinajstić information content (AvgIpc) is 2.91. The number of phenolic OH excluding ortho intramolecular Hbond substituents is 1. The van der Waals surface area contributed by atoms with Crippen molar-refractivity contribution in [3.05, 3.63) is 59.4 Å². The van der Waals surface area contributed by atoms with Gasteiger partial charge in [-0.15, -0.1) is 0 Å². The van der Waals surface area contributed by atoms with E-state index in [9.17, 15) is 9.90 Å². The Morgan fingerprint density at radius 1 is 1.17 bits per heavy atom. The zero-order valence-corrected chi connectivity index (χ0v) is 13.6. The molecule has 2 aromatic carbocycles. The predicted octanol–water partition coefficient (Wildman–Crippen LogP) is 4.58. The fourth-order valence-corrected chi connectivity index (χ4v) is 2.56. The van der Waals surface area contributed by atoms with Crippen LogP contribution >= 0.6 is 0 Å². The zero-order chi connectivity index (χ0) is 16.9. The van der Waals surface area contributed by atoms with Crippen LogP contribution in [0, 0.1) is 0 Å². The molecule has 1 heterocycles. The predicted molar refractivity (Wildman–Crippen MR) is 92.5 cm³/mol. The van der Waals surface area contributed by atoms with Gasteiger partial charge in [0.2, 0.25) is 5.78 Å². The van der Waals surface area contributed by atoms with Gasteiger partial charge < -0.3 is 14.6 Å². The van der Waals surface area contributed by atoms with E-state index in [4.69, 9.17) is 9.47 Å². The van der Waals surface area contributed by atoms with Crippen molar-refractivity contribution in [3.63, 3.8) is 0 Å². The molecule has 0 atom stereocenters. The third-order valence-corrected chi connectivity index (χ3v) is 3.88. The molecular weight excluding hydrogens is 304 g/mol. The van der Waals surface area contributed by atoms with Gasteiger partial charge in [-0.05, 0) is 42.8 Å². The summed E-state index contributed by atoms with van der Waals surface area (Å²) in [5.41, 5.74) is 1.04. The van der Waals surface area contributed by atoms with E-state index in [0.29, 0.717) is 29.2 Å². The van der Waals surface area contributed by atoms with E-state index in [2.05, 4.69) is 6.92 Å². The molecule has 24 heavy (non-hydrogen) atoms. The summed E-state index contributed by atoms with van der Waals surface area (Å²) in [6.07, 6.45) is 4.80. The molecule has 0 aliphatic carbocycles. The van der Waals surface area contributed by atoms with E-state index in [1.165, 1.54) is 0 Å². The highest BCUT2D eigenvalue weighted by Gasteiger charge is 2.26. The van der Waals surface area contributed by atoms with Crippen molar-refractivity contribution >= 4 is 11.9 Å². The number of allylic oxidation sites excluding steroid dienone is 1. The molecule has 0 amide bonds. The second-order valence-electron chi connectivity index (χ2n) is 5.71. The topological polar surface area (TPSA) is 55.8 Å². The Morgan fingerprint density at radius 3 is 2.79 bits per heavy atom. The Labute approximate surface area is 141 Å². The number of carbonyl (C=O) groups is 1. The highest BCUT2D eigenvalue weighted by atomic mass is 16.5. The fourth-order valence-electron chi connectivity index (χ4n) is 2.56. The average molecular weight is 324 g/mol. The maximum absolute atomic E-state index is 12.3. The lowest BCUT2D eigenvalue weighted by molar-refractivity contribution is 0.101. The Kier molecular flexibility index (Phi) is 4.85. The van der Waals surface area contributed by atoms with Gasteiger partial charge in [0, 0.05) is 5.56 Å². The summed E-state index contributed by atoms with van der Waals surface area (Å²) < 4.78 is 11.3. The first-order valence-corrected chi connectivity index (χ1v) is 8.18. The molecule has 0 radical (unpaired) electrons. The van der Waals surface area contributed by atoms with E-state index in [0.717, 1.165) is 19.3 Å². The van der Waals surface area contributed by atoms with Crippen LogP contribution in [0.25, 0.3) is 6.08 Å². The van der Waals surface area contributed by atoms with E-state index in [-0.39, 0.29) is 17.3 Å². The molecule has 4 heteroatoms. The molecular formula is C20H20O4. The number of phenols is 1. The molecule has 0 aromatic heterocycles. The van der Waals surface area contributed by atoms with Crippen LogP contribution in [0.3, 0.4) is 0 Å². The monoisotopic (exact) mass is 324 g/mol. The maximum Gasteiger partial charge on any atom is 0.231 e. The molecule has 1 aliphatic rings. The summed E-state index contributed by atoms with van der Waals surface area (Å²) in [6, 6.07) is 12.1. The molecule has 0 unspecified atom stereocenters. The highest BCUT2D eigenvalue weighted by molar-refractivity contribution is 6.14. The first kappa shape index (κ1) is 16.1. The molecule has 0 saturated heterocycles. The van der Waals surface area contributed by atoms with Crippen molar-refractivity contribution in [2.75, 3.05) is 6.61 Å². The molecule has 3 rings (SSSR count). The molecule has 1 aliphatic heterocycles. The van der Waals surface area contributed by atoms with E-state index < -0.39 is 0 Å². The number of ketones is 1. The van der Waals surface area contributed by atoms with Gasteiger partial charge in [0.15, 0.2) is 5.76 Å². The van der Waals surface area contributed by atoms with Crippen LogP contribution in [0.1, 0.15) is 42.1 Å². The third-order valence-electron chi connectivity index (χ3n) is 3.88. The SMILES string of the molecule is CCCCCOc1ccc(O)c(C=C2Oc3ccccc3C2=O)c1. The van der Waals surface area contributed by atoms with Gasteiger partial charge in [-0.2, -0.15) is 0 Å². The summed E-state index contributed by atoms with van der Waals surface area (Å²) in [6.45, 7) is 2.77. The molecule has 0 bridgehead atoms. The lowest BCUT2D eigenvalue weighted by Gasteiger charge is -2.08.